The van der Waals surface area contributed by atoms with Crippen LogP contribution in [0, 0.1) is 5.82 Å². The molecule has 1 amide bonds. The van der Waals surface area contributed by atoms with Crippen molar-refractivity contribution in [2.45, 2.75) is 0 Å². The van der Waals surface area contributed by atoms with Gasteiger partial charge in [-0.3, -0.25) is 4.79 Å². The maximum Gasteiger partial charge on any atom is 0.262 e. The van der Waals surface area contributed by atoms with Crippen molar-refractivity contribution in [2.24, 2.45) is 0 Å². The van der Waals surface area contributed by atoms with Crippen LogP contribution in [0.15, 0.2) is 48.5 Å². The maximum atomic E-state index is 12.7. The number of ether oxygens (including phenoxy) is 1. The molecule has 104 valence electrons. The lowest BCUT2D eigenvalue weighted by Gasteiger charge is -2.08. The Balaban J connectivity index is 1.83. The summed E-state index contributed by atoms with van der Waals surface area (Å²) in [5.41, 5.74) is 1.50. The molecule has 0 atom stereocenters. The van der Waals surface area contributed by atoms with E-state index in [0.29, 0.717) is 11.4 Å². The van der Waals surface area contributed by atoms with Gasteiger partial charge in [0.2, 0.25) is 0 Å². The van der Waals surface area contributed by atoms with Crippen molar-refractivity contribution in [3.63, 3.8) is 0 Å². The number of amides is 1. The zero-order valence-electron chi connectivity index (χ0n) is 11.0. The highest BCUT2D eigenvalue weighted by molar-refractivity contribution is 5.91. The fourth-order valence-electron chi connectivity index (χ4n) is 1.60. The summed E-state index contributed by atoms with van der Waals surface area (Å²) in [6.45, 7) is -0.101. The fourth-order valence-corrected chi connectivity index (χ4v) is 1.60. The maximum absolute atomic E-state index is 12.7. The van der Waals surface area contributed by atoms with E-state index in [1.807, 2.05) is 19.2 Å². The molecule has 2 aromatic carbocycles. The number of nitrogens with one attached hydrogen (secondary N) is 2. The highest BCUT2D eigenvalue weighted by atomic mass is 19.1. The van der Waals surface area contributed by atoms with Crippen LogP contribution in [0.4, 0.5) is 15.8 Å². The van der Waals surface area contributed by atoms with Crippen LogP contribution in [-0.4, -0.2) is 19.6 Å². The third-order valence-electron chi connectivity index (χ3n) is 2.64. The van der Waals surface area contributed by atoms with E-state index >= 15 is 0 Å². The van der Waals surface area contributed by atoms with E-state index in [0.717, 1.165) is 5.69 Å². The van der Waals surface area contributed by atoms with Gasteiger partial charge >= 0.3 is 0 Å². The van der Waals surface area contributed by atoms with Gasteiger partial charge in [0.15, 0.2) is 6.61 Å². The van der Waals surface area contributed by atoms with Crippen molar-refractivity contribution < 1.29 is 13.9 Å². The molecule has 0 radical (unpaired) electrons. The third kappa shape index (κ3) is 3.98. The van der Waals surface area contributed by atoms with Crippen LogP contribution in [-0.2, 0) is 4.79 Å². The average molecular weight is 274 g/mol. The van der Waals surface area contributed by atoms with Crippen molar-refractivity contribution in [1.82, 2.24) is 0 Å². The van der Waals surface area contributed by atoms with Gasteiger partial charge in [-0.1, -0.05) is 0 Å². The molecule has 2 N–H and O–H groups in total. The smallest absolute Gasteiger partial charge is 0.262 e. The molecule has 0 fully saturated rings. The van der Waals surface area contributed by atoms with Crippen LogP contribution in [0.1, 0.15) is 0 Å². The Morgan fingerprint density at radius 1 is 1.05 bits per heavy atom. The lowest BCUT2D eigenvalue weighted by Crippen LogP contribution is -2.20. The monoisotopic (exact) mass is 274 g/mol. The standard InChI is InChI=1S/C15H15FN2O2/c1-17-12-6-8-14(9-7-12)20-10-15(19)18-13-4-2-11(16)3-5-13/h2-9,17H,10H2,1H3,(H,18,19). The number of anilines is 2. The van der Waals surface area contributed by atoms with Gasteiger partial charge in [-0.25, -0.2) is 4.39 Å². The minimum atomic E-state index is -0.344. The Bertz CT molecular complexity index is 567. The molecule has 20 heavy (non-hydrogen) atoms. The number of halogens is 1. The van der Waals surface area contributed by atoms with Crippen molar-refractivity contribution in [3.05, 3.63) is 54.3 Å². The number of hydrogen-bond acceptors (Lipinski definition) is 3. The minimum absolute atomic E-state index is 0.101. The minimum Gasteiger partial charge on any atom is -0.484 e. The molecule has 0 saturated heterocycles. The van der Waals surface area contributed by atoms with Gasteiger partial charge in [0.1, 0.15) is 11.6 Å². The number of rotatable bonds is 5. The quantitative estimate of drug-likeness (QED) is 0.881. The number of hydrogen-bond donors (Lipinski definition) is 2. The Morgan fingerprint density at radius 2 is 1.65 bits per heavy atom. The summed E-state index contributed by atoms with van der Waals surface area (Å²) in [7, 11) is 1.83. The molecule has 0 aliphatic carbocycles. The zero-order valence-corrected chi connectivity index (χ0v) is 11.0. The van der Waals surface area contributed by atoms with E-state index in [9.17, 15) is 9.18 Å². The third-order valence-corrected chi connectivity index (χ3v) is 2.64. The van der Waals surface area contributed by atoms with Crippen molar-refractivity contribution >= 4 is 17.3 Å². The molecule has 2 rings (SSSR count). The topological polar surface area (TPSA) is 50.4 Å². The Kier molecular flexibility index (Phi) is 4.55. The number of carbonyl (C=O) groups excluding carboxylic acids is 1. The second kappa shape index (κ2) is 6.56. The first-order valence-electron chi connectivity index (χ1n) is 6.13. The first kappa shape index (κ1) is 13.9. The van der Waals surface area contributed by atoms with Gasteiger partial charge in [-0.05, 0) is 48.5 Å². The second-order valence-electron chi connectivity index (χ2n) is 4.12. The van der Waals surface area contributed by atoms with Crippen molar-refractivity contribution in [1.29, 1.82) is 0 Å². The Labute approximate surface area is 116 Å². The van der Waals surface area contributed by atoms with Crippen LogP contribution < -0.4 is 15.4 Å². The SMILES string of the molecule is CNc1ccc(OCC(=O)Nc2ccc(F)cc2)cc1. The molecular formula is C15H15FN2O2. The molecule has 0 aliphatic heterocycles. The highest BCUT2D eigenvalue weighted by Crippen LogP contribution is 2.15. The molecule has 0 spiro atoms. The van der Waals surface area contributed by atoms with Crippen molar-refractivity contribution in [3.8, 4) is 5.75 Å². The number of carbonyl (C=O) groups is 1. The van der Waals surface area contributed by atoms with Gasteiger partial charge in [-0.2, -0.15) is 0 Å². The van der Waals surface area contributed by atoms with E-state index < -0.39 is 0 Å². The molecule has 0 bridgehead atoms. The van der Waals surface area contributed by atoms with E-state index in [-0.39, 0.29) is 18.3 Å². The van der Waals surface area contributed by atoms with Gasteiger partial charge in [0, 0.05) is 18.4 Å². The van der Waals surface area contributed by atoms with Gasteiger partial charge in [0.05, 0.1) is 0 Å². The summed E-state index contributed by atoms with van der Waals surface area (Å²) >= 11 is 0. The fraction of sp³-hybridized carbons (Fsp3) is 0.133. The number of benzene rings is 2. The highest BCUT2D eigenvalue weighted by Gasteiger charge is 2.04. The van der Waals surface area contributed by atoms with Crippen LogP contribution in [0.2, 0.25) is 0 Å². The predicted molar refractivity (Wildman–Crippen MR) is 76.5 cm³/mol. The summed E-state index contributed by atoms with van der Waals surface area (Å²) in [6, 6.07) is 12.8. The summed E-state index contributed by atoms with van der Waals surface area (Å²) < 4.78 is 18.1. The molecular weight excluding hydrogens is 259 g/mol. The summed E-state index contributed by atoms with van der Waals surface area (Å²) in [6.07, 6.45) is 0. The molecule has 0 heterocycles. The summed E-state index contributed by atoms with van der Waals surface area (Å²) in [5.74, 6) is -0.0311. The largest absolute Gasteiger partial charge is 0.484 e. The first-order valence-corrected chi connectivity index (χ1v) is 6.13. The lowest BCUT2D eigenvalue weighted by molar-refractivity contribution is -0.118. The van der Waals surface area contributed by atoms with E-state index in [4.69, 9.17) is 4.74 Å². The van der Waals surface area contributed by atoms with Crippen molar-refractivity contribution in [2.75, 3.05) is 24.3 Å². The average Bonchev–Trinajstić information content (AvgIpc) is 2.48. The Hall–Kier alpha value is -2.56. The lowest BCUT2D eigenvalue weighted by atomic mass is 10.3. The van der Waals surface area contributed by atoms with Crippen LogP contribution in [0.5, 0.6) is 5.75 Å². The summed E-state index contributed by atoms with van der Waals surface area (Å²) in [5, 5.41) is 5.61. The van der Waals surface area contributed by atoms with Gasteiger partial charge in [-0.15, -0.1) is 0 Å². The van der Waals surface area contributed by atoms with Gasteiger partial charge < -0.3 is 15.4 Å². The van der Waals surface area contributed by atoms with E-state index in [1.54, 1.807) is 12.1 Å². The van der Waals surface area contributed by atoms with Crippen LogP contribution in [0.3, 0.4) is 0 Å². The summed E-state index contributed by atoms with van der Waals surface area (Å²) in [4.78, 5) is 11.7. The van der Waals surface area contributed by atoms with E-state index in [2.05, 4.69) is 10.6 Å². The molecule has 5 heteroatoms. The first-order chi connectivity index (χ1) is 9.67. The van der Waals surface area contributed by atoms with Crippen LogP contribution >= 0.6 is 0 Å². The van der Waals surface area contributed by atoms with Crippen LogP contribution in [0.25, 0.3) is 0 Å². The normalized spacial score (nSPS) is 9.90. The second-order valence-corrected chi connectivity index (χ2v) is 4.12. The molecule has 4 nitrogen and oxygen atoms in total. The van der Waals surface area contributed by atoms with E-state index in [1.165, 1.54) is 24.3 Å². The van der Waals surface area contributed by atoms with Gasteiger partial charge in [0.25, 0.3) is 5.91 Å². The predicted octanol–water partition coefficient (Wildman–Crippen LogP) is 2.88. The zero-order chi connectivity index (χ0) is 14.4. The molecule has 0 aromatic heterocycles. The molecule has 0 unspecified atom stereocenters. The molecule has 0 aliphatic rings. The molecule has 0 saturated carbocycles. The molecule has 2 aromatic rings. The Morgan fingerprint density at radius 3 is 2.25 bits per heavy atom.